The van der Waals surface area contributed by atoms with Crippen molar-refractivity contribution >= 4 is 11.8 Å². The Bertz CT molecular complexity index is 1140. The van der Waals surface area contributed by atoms with Gasteiger partial charge in [-0.3, -0.25) is 9.59 Å². The smallest absolute Gasteiger partial charge is 0.243 e. The second-order valence-corrected chi connectivity index (χ2v) is 9.55. The van der Waals surface area contributed by atoms with Crippen LogP contribution in [-0.2, 0) is 29.0 Å². The van der Waals surface area contributed by atoms with Crippen LogP contribution in [0.3, 0.4) is 0 Å². The molecule has 2 amide bonds. The summed E-state index contributed by atoms with van der Waals surface area (Å²) in [5.74, 6) is -0.565. The SMILES string of the molecule is Cc1ccc(CC(=O)N(Cc2ccccc2F)[C@H](Cc2ccccc2)C(=O)NCC(C)C)cc1C. The lowest BCUT2D eigenvalue weighted by Crippen LogP contribution is -2.51. The molecule has 0 saturated heterocycles. The first kappa shape index (κ1) is 26.1. The van der Waals surface area contributed by atoms with Gasteiger partial charge >= 0.3 is 0 Å². The molecule has 0 unspecified atom stereocenters. The predicted molar refractivity (Wildman–Crippen MR) is 138 cm³/mol. The van der Waals surface area contributed by atoms with Crippen molar-refractivity contribution in [2.75, 3.05) is 6.54 Å². The highest BCUT2D eigenvalue weighted by Crippen LogP contribution is 2.19. The molecule has 184 valence electrons. The number of hydrogen-bond acceptors (Lipinski definition) is 2. The van der Waals surface area contributed by atoms with Gasteiger partial charge in [-0.2, -0.15) is 0 Å². The molecular weight excluding hydrogens is 439 g/mol. The van der Waals surface area contributed by atoms with Crippen LogP contribution in [0, 0.1) is 25.6 Å². The summed E-state index contributed by atoms with van der Waals surface area (Å²) in [4.78, 5) is 28.7. The van der Waals surface area contributed by atoms with Crippen LogP contribution in [0.2, 0.25) is 0 Å². The van der Waals surface area contributed by atoms with Crippen LogP contribution in [0.4, 0.5) is 4.39 Å². The molecule has 3 aromatic carbocycles. The van der Waals surface area contributed by atoms with E-state index in [1.807, 2.05) is 76.2 Å². The minimum Gasteiger partial charge on any atom is -0.354 e. The van der Waals surface area contributed by atoms with Crippen molar-refractivity contribution in [1.29, 1.82) is 0 Å². The number of carbonyl (C=O) groups excluding carboxylic acids is 2. The molecule has 5 heteroatoms. The maximum Gasteiger partial charge on any atom is 0.243 e. The molecule has 0 aliphatic heterocycles. The largest absolute Gasteiger partial charge is 0.354 e. The molecular formula is C30H35FN2O2. The highest BCUT2D eigenvalue weighted by Gasteiger charge is 2.31. The molecule has 3 aromatic rings. The van der Waals surface area contributed by atoms with Crippen LogP contribution in [0.5, 0.6) is 0 Å². The summed E-state index contributed by atoms with van der Waals surface area (Å²) in [5.41, 5.74) is 4.45. The molecule has 0 aliphatic carbocycles. The second-order valence-electron chi connectivity index (χ2n) is 9.55. The summed E-state index contributed by atoms with van der Waals surface area (Å²) in [6.07, 6.45) is 0.482. The van der Waals surface area contributed by atoms with Gasteiger partial charge in [0.1, 0.15) is 11.9 Å². The number of benzene rings is 3. The standard InChI is InChI=1S/C30H35FN2O2/c1-21(2)19-32-30(35)28(17-24-10-6-5-7-11-24)33(20-26-12-8-9-13-27(26)31)29(34)18-25-15-14-22(3)23(4)16-25/h5-16,21,28H,17-20H2,1-4H3,(H,32,35)/t28-/m1/s1. The summed E-state index contributed by atoms with van der Waals surface area (Å²) < 4.78 is 14.6. The van der Waals surface area contributed by atoms with Gasteiger partial charge in [-0.05, 0) is 48.1 Å². The van der Waals surface area contributed by atoms with E-state index in [-0.39, 0.29) is 30.7 Å². The molecule has 0 bridgehead atoms. The van der Waals surface area contributed by atoms with E-state index >= 15 is 0 Å². The topological polar surface area (TPSA) is 49.4 Å². The van der Waals surface area contributed by atoms with Crippen LogP contribution in [-0.4, -0.2) is 29.3 Å². The zero-order valence-electron chi connectivity index (χ0n) is 21.1. The molecule has 35 heavy (non-hydrogen) atoms. The Balaban J connectivity index is 1.98. The van der Waals surface area contributed by atoms with Gasteiger partial charge in [0.15, 0.2) is 0 Å². The lowest BCUT2D eigenvalue weighted by atomic mass is 10.00. The number of nitrogens with zero attached hydrogens (tertiary/aromatic N) is 1. The van der Waals surface area contributed by atoms with E-state index < -0.39 is 11.9 Å². The van der Waals surface area contributed by atoms with Crippen molar-refractivity contribution in [3.05, 3.63) is 106 Å². The van der Waals surface area contributed by atoms with Crippen molar-refractivity contribution in [1.82, 2.24) is 10.2 Å². The third-order valence-corrected chi connectivity index (χ3v) is 6.18. The van der Waals surface area contributed by atoms with E-state index in [1.54, 1.807) is 18.2 Å². The van der Waals surface area contributed by atoms with Crippen molar-refractivity contribution in [3.8, 4) is 0 Å². The number of rotatable bonds is 10. The lowest BCUT2D eigenvalue weighted by Gasteiger charge is -2.32. The van der Waals surface area contributed by atoms with E-state index in [0.29, 0.717) is 18.5 Å². The quantitative estimate of drug-likeness (QED) is 0.428. The third kappa shape index (κ3) is 7.51. The average Bonchev–Trinajstić information content (AvgIpc) is 2.83. The van der Waals surface area contributed by atoms with Crippen molar-refractivity contribution < 1.29 is 14.0 Å². The van der Waals surface area contributed by atoms with Gasteiger partial charge in [-0.15, -0.1) is 0 Å². The molecule has 3 rings (SSSR count). The molecule has 0 radical (unpaired) electrons. The molecule has 0 spiro atoms. The van der Waals surface area contributed by atoms with Gasteiger partial charge in [0.2, 0.25) is 11.8 Å². The van der Waals surface area contributed by atoms with Gasteiger partial charge in [-0.1, -0.05) is 80.6 Å². The fourth-order valence-corrected chi connectivity index (χ4v) is 3.98. The highest BCUT2D eigenvalue weighted by molar-refractivity contribution is 5.88. The van der Waals surface area contributed by atoms with E-state index in [1.165, 1.54) is 11.0 Å². The van der Waals surface area contributed by atoms with Crippen molar-refractivity contribution in [3.63, 3.8) is 0 Å². The summed E-state index contributed by atoms with van der Waals surface area (Å²) in [7, 11) is 0. The molecule has 1 N–H and O–H groups in total. The predicted octanol–water partition coefficient (Wildman–Crippen LogP) is 5.40. The Kier molecular flexibility index (Phi) is 9.18. The fourth-order valence-electron chi connectivity index (χ4n) is 3.98. The van der Waals surface area contributed by atoms with E-state index in [2.05, 4.69) is 5.32 Å². The number of carbonyl (C=O) groups is 2. The van der Waals surface area contributed by atoms with Gasteiger partial charge in [-0.25, -0.2) is 4.39 Å². The van der Waals surface area contributed by atoms with E-state index in [0.717, 1.165) is 22.3 Å². The average molecular weight is 475 g/mol. The van der Waals surface area contributed by atoms with E-state index in [4.69, 9.17) is 0 Å². The summed E-state index contributed by atoms with van der Waals surface area (Å²) in [5, 5.41) is 2.99. The molecule has 4 nitrogen and oxygen atoms in total. The highest BCUT2D eigenvalue weighted by atomic mass is 19.1. The summed E-state index contributed by atoms with van der Waals surface area (Å²) in [6.45, 7) is 8.60. The minimum atomic E-state index is -0.769. The maximum atomic E-state index is 14.6. The summed E-state index contributed by atoms with van der Waals surface area (Å²) >= 11 is 0. The zero-order valence-corrected chi connectivity index (χ0v) is 21.1. The summed E-state index contributed by atoms with van der Waals surface area (Å²) in [6, 6.07) is 21.2. The number of amides is 2. The fraction of sp³-hybridized carbons (Fsp3) is 0.333. The minimum absolute atomic E-state index is 0.0168. The van der Waals surface area contributed by atoms with Crippen molar-refractivity contribution in [2.24, 2.45) is 5.92 Å². The van der Waals surface area contributed by atoms with E-state index in [9.17, 15) is 14.0 Å². The molecule has 0 aromatic heterocycles. The maximum absolute atomic E-state index is 14.6. The molecule has 0 aliphatic rings. The van der Waals surface area contributed by atoms with Crippen LogP contribution in [0.1, 0.15) is 41.7 Å². The van der Waals surface area contributed by atoms with Gasteiger partial charge < -0.3 is 10.2 Å². The second kappa shape index (κ2) is 12.3. The first-order chi connectivity index (χ1) is 16.7. The van der Waals surface area contributed by atoms with Gasteiger partial charge in [0.25, 0.3) is 0 Å². The Morgan fingerprint density at radius 3 is 2.23 bits per heavy atom. The molecule has 0 saturated carbocycles. The Labute approximate surface area is 208 Å². The zero-order chi connectivity index (χ0) is 25.4. The van der Waals surface area contributed by atoms with Crippen LogP contribution in [0.25, 0.3) is 0 Å². The van der Waals surface area contributed by atoms with Gasteiger partial charge in [0.05, 0.1) is 6.42 Å². The number of nitrogens with one attached hydrogen (secondary N) is 1. The Hall–Kier alpha value is -3.47. The number of hydrogen-bond donors (Lipinski definition) is 1. The number of halogens is 1. The first-order valence-electron chi connectivity index (χ1n) is 12.1. The van der Waals surface area contributed by atoms with Crippen LogP contribution < -0.4 is 5.32 Å². The van der Waals surface area contributed by atoms with Gasteiger partial charge in [0, 0.05) is 25.1 Å². The Morgan fingerprint density at radius 1 is 0.886 bits per heavy atom. The normalized spacial score (nSPS) is 11.8. The molecule has 0 heterocycles. The van der Waals surface area contributed by atoms with Crippen LogP contribution >= 0.6 is 0 Å². The molecule has 0 fully saturated rings. The monoisotopic (exact) mass is 474 g/mol. The molecule has 1 atom stereocenters. The number of aryl methyl sites for hydroxylation is 2. The first-order valence-corrected chi connectivity index (χ1v) is 12.1. The Morgan fingerprint density at radius 2 is 1.57 bits per heavy atom. The van der Waals surface area contributed by atoms with Crippen molar-refractivity contribution in [2.45, 2.75) is 53.1 Å². The van der Waals surface area contributed by atoms with Crippen LogP contribution in [0.15, 0.2) is 72.8 Å². The third-order valence-electron chi connectivity index (χ3n) is 6.18. The lowest BCUT2D eigenvalue weighted by molar-refractivity contribution is -0.140.